The molecule has 0 aliphatic heterocycles. The van der Waals surface area contributed by atoms with Crippen LogP contribution in [-0.2, 0) is 16.0 Å². The summed E-state index contributed by atoms with van der Waals surface area (Å²) in [6, 6.07) is 12.0. The van der Waals surface area contributed by atoms with Gasteiger partial charge in [-0.2, -0.15) is 0 Å². The number of anilines is 2. The molecular formula is C22H24N4O2. The maximum atomic E-state index is 12.4. The molecule has 2 aromatic heterocycles. The van der Waals surface area contributed by atoms with E-state index in [0.29, 0.717) is 24.2 Å². The van der Waals surface area contributed by atoms with Crippen LogP contribution in [0, 0.1) is 11.8 Å². The van der Waals surface area contributed by atoms with E-state index in [0.717, 1.165) is 34.9 Å². The molecule has 1 amide bonds. The number of benzene rings is 1. The first kappa shape index (κ1) is 18.4. The molecule has 28 heavy (non-hydrogen) atoms. The number of nitrogen functional groups attached to an aromatic ring is 1. The first-order valence-corrected chi connectivity index (χ1v) is 9.55. The van der Waals surface area contributed by atoms with Gasteiger partial charge in [-0.15, -0.1) is 0 Å². The molecule has 0 bridgehead atoms. The number of pyridine rings is 2. The lowest BCUT2D eigenvalue weighted by molar-refractivity contribution is -0.117. The maximum Gasteiger partial charge on any atom is 0.229 e. The number of nitrogens with zero attached hydrogens (tertiary/aromatic N) is 2. The van der Waals surface area contributed by atoms with Crippen LogP contribution in [0.5, 0.6) is 0 Å². The van der Waals surface area contributed by atoms with Crippen molar-refractivity contribution in [3.8, 4) is 11.3 Å². The van der Waals surface area contributed by atoms with Gasteiger partial charge in [0, 0.05) is 36.8 Å². The van der Waals surface area contributed by atoms with E-state index >= 15 is 0 Å². The molecule has 1 fully saturated rings. The minimum atomic E-state index is -0.00696. The Morgan fingerprint density at radius 1 is 1.32 bits per heavy atom. The highest BCUT2D eigenvalue weighted by Gasteiger charge is 2.42. The third kappa shape index (κ3) is 3.55. The summed E-state index contributed by atoms with van der Waals surface area (Å²) in [6.45, 7) is 2.74. The fraction of sp³-hybridized carbons (Fsp3) is 0.318. The Morgan fingerprint density at radius 2 is 2.14 bits per heavy atom. The van der Waals surface area contributed by atoms with Gasteiger partial charge in [0.25, 0.3) is 0 Å². The molecule has 6 heteroatoms. The number of carbonyl (C=O) groups excluding carboxylic acids is 1. The van der Waals surface area contributed by atoms with Crippen molar-refractivity contribution in [3.05, 3.63) is 48.2 Å². The Hall–Kier alpha value is -2.99. The van der Waals surface area contributed by atoms with Crippen LogP contribution in [0.1, 0.15) is 18.9 Å². The molecule has 0 radical (unpaired) electrons. The van der Waals surface area contributed by atoms with Crippen molar-refractivity contribution in [1.29, 1.82) is 0 Å². The highest BCUT2D eigenvalue weighted by atomic mass is 16.5. The van der Waals surface area contributed by atoms with Gasteiger partial charge in [-0.1, -0.05) is 31.2 Å². The van der Waals surface area contributed by atoms with Crippen molar-refractivity contribution in [3.63, 3.8) is 0 Å². The van der Waals surface area contributed by atoms with E-state index in [-0.39, 0.29) is 11.8 Å². The predicted molar refractivity (Wildman–Crippen MR) is 111 cm³/mol. The molecule has 1 saturated carbocycles. The summed E-state index contributed by atoms with van der Waals surface area (Å²) < 4.78 is 5.12. The van der Waals surface area contributed by atoms with Crippen LogP contribution in [0.15, 0.2) is 42.6 Å². The van der Waals surface area contributed by atoms with Crippen LogP contribution in [0.25, 0.3) is 22.0 Å². The minimum Gasteiger partial charge on any atom is -0.384 e. The van der Waals surface area contributed by atoms with E-state index in [1.54, 1.807) is 13.3 Å². The van der Waals surface area contributed by atoms with E-state index in [4.69, 9.17) is 10.5 Å². The summed E-state index contributed by atoms with van der Waals surface area (Å²) in [5, 5.41) is 4.60. The number of amides is 1. The zero-order valence-electron chi connectivity index (χ0n) is 16.1. The predicted octanol–water partition coefficient (Wildman–Crippen LogP) is 3.66. The van der Waals surface area contributed by atoms with Crippen LogP contribution >= 0.6 is 0 Å². The average molecular weight is 376 g/mol. The summed E-state index contributed by atoms with van der Waals surface area (Å²) in [7, 11) is 1.66. The number of nitrogens with two attached hydrogens (primary N) is 1. The molecular weight excluding hydrogens is 352 g/mol. The standard InChI is InChI=1S/C22H24N4O2/c1-3-13-6-4-5-7-16(13)19-9-14-10-20(24-11-18(14)21(23)25-19)26-22(27)17-8-15(17)12-28-2/h4-7,9-11,15,17H,3,8,12H2,1-2H3,(H2,23,25)(H,24,26,27)/t15-,17+/m1/s1. The molecule has 2 heterocycles. The average Bonchev–Trinajstić information content (AvgIpc) is 3.47. The maximum absolute atomic E-state index is 12.4. The van der Waals surface area contributed by atoms with Gasteiger partial charge in [-0.25, -0.2) is 9.97 Å². The number of aryl methyl sites for hydroxylation is 1. The zero-order chi connectivity index (χ0) is 19.7. The van der Waals surface area contributed by atoms with Gasteiger partial charge in [-0.05, 0) is 41.8 Å². The number of hydrogen-bond acceptors (Lipinski definition) is 5. The molecule has 3 N–H and O–H groups in total. The second-order valence-electron chi connectivity index (χ2n) is 7.24. The van der Waals surface area contributed by atoms with E-state index in [9.17, 15) is 4.79 Å². The van der Waals surface area contributed by atoms with Gasteiger partial charge in [0.2, 0.25) is 5.91 Å². The van der Waals surface area contributed by atoms with E-state index in [1.807, 2.05) is 24.3 Å². The molecule has 3 aromatic rings. The number of methoxy groups -OCH3 is 1. The Balaban J connectivity index is 1.64. The van der Waals surface area contributed by atoms with Gasteiger partial charge < -0.3 is 15.8 Å². The van der Waals surface area contributed by atoms with E-state index in [2.05, 4.69) is 34.3 Å². The van der Waals surface area contributed by atoms with E-state index in [1.165, 1.54) is 5.56 Å². The number of fused-ring (bicyclic) bond motifs is 1. The van der Waals surface area contributed by atoms with Crippen molar-refractivity contribution in [2.45, 2.75) is 19.8 Å². The second-order valence-corrected chi connectivity index (χ2v) is 7.24. The lowest BCUT2D eigenvalue weighted by Crippen LogP contribution is -2.16. The molecule has 1 aliphatic rings. The van der Waals surface area contributed by atoms with Crippen LogP contribution < -0.4 is 11.1 Å². The summed E-state index contributed by atoms with van der Waals surface area (Å²) >= 11 is 0. The van der Waals surface area contributed by atoms with Crippen LogP contribution in [0.2, 0.25) is 0 Å². The molecule has 2 atom stereocenters. The SMILES string of the molecule is CCc1ccccc1-c1cc2cc(NC(=O)[C@H]3C[C@@H]3COC)ncc2c(N)n1. The molecule has 0 spiro atoms. The number of nitrogens with one attached hydrogen (secondary N) is 1. The lowest BCUT2D eigenvalue weighted by atomic mass is 10.0. The largest absolute Gasteiger partial charge is 0.384 e. The smallest absolute Gasteiger partial charge is 0.229 e. The van der Waals surface area contributed by atoms with Gasteiger partial charge in [-0.3, -0.25) is 4.79 Å². The molecule has 6 nitrogen and oxygen atoms in total. The molecule has 4 rings (SSSR count). The summed E-state index contributed by atoms with van der Waals surface area (Å²) in [5.41, 5.74) is 9.31. The fourth-order valence-electron chi connectivity index (χ4n) is 3.64. The summed E-state index contributed by atoms with van der Waals surface area (Å²) in [4.78, 5) is 21.3. The number of carbonyl (C=O) groups is 1. The first-order chi connectivity index (χ1) is 13.6. The third-order valence-electron chi connectivity index (χ3n) is 5.31. The first-order valence-electron chi connectivity index (χ1n) is 9.55. The third-order valence-corrected chi connectivity index (χ3v) is 5.31. The van der Waals surface area contributed by atoms with Gasteiger partial charge in [0.1, 0.15) is 11.6 Å². The minimum absolute atomic E-state index is 0.00643. The highest BCUT2D eigenvalue weighted by molar-refractivity contribution is 5.98. The Kier molecular flexibility index (Phi) is 4.96. The molecule has 144 valence electrons. The number of hydrogen-bond donors (Lipinski definition) is 2. The number of ether oxygens (including phenoxy) is 1. The van der Waals surface area contributed by atoms with Crippen molar-refractivity contribution in [2.75, 3.05) is 24.8 Å². The van der Waals surface area contributed by atoms with Gasteiger partial charge in [0.15, 0.2) is 0 Å². The number of rotatable bonds is 6. The van der Waals surface area contributed by atoms with Crippen molar-refractivity contribution >= 4 is 28.3 Å². The van der Waals surface area contributed by atoms with Crippen LogP contribution in [0.4, 0.5) is 11.6 Å². The topological polar surface area (TPSA) is 90.1 Å². The Labute approximate surface area is 164 Å². The lowest BCUT2D eigenvalue weighted by Gasteiger charge is -2.11. The zero-order valence-corrected chi connectivity index (χ0v) is 16.1. The molecule has 0 unspecified atom stereocenters. The second kappa shape index (κ2) is 7.56. The van der Waals surface area contributed by atoms with Crippen molar-refractivity contribution in [1.82, 2.24) is 9.97 Å². The normalized spacial score (nSPS) is 18.2. The Morgan fingerprint density at radius 3 is 2.93 bits per heavy atom. The monoisotopic (exact) mass is 376 g/mol. The van der Waals surface area contributed by atoms with E-state index < -0.39 is 0 Å². The van der Waals surface area contributed by atoms with Crippen LogP contribution in [-0.4, -0.2) is 29.6 Å². The molecule has 0 saturated heterocycles. The fourth-order valence-corrected chi connectivity index (χ4v) is 3.64. The Bertz CT molecular complexity index is 1030. The van der Waals surface area contributed by atoms with Crippen molar-refractivity contribution in [2.24, 2.45) is 11.8 Å². The quantitative estimate of drug-likeness (QED) is 0.685. The van der Waals surface area contributed by atoms with Gasteiger partial charge >= 0.3 is 0 Å². The van der Waals surface area contributed by atoms with Crippen LogP contribution in [0.3, 0.4) is 0 Å². The summed E-state index contributed by atoms with van der Waals surface area (Å²) in [6.07, 6.45) is 3.45. The molecule has 1 aliphatic carbocycles. The van der Waals surface area contributed by atoms with Crippen molar-refractivity contribution < 1.29 is 9.53 Å². The number of aromatic nitrogens is 2. The highest BCUT2D eigenvalue weighted by Crippen LogP contribution is 2.39. The molecule has 1 aromatic carbocycles. The summed E-state index contributed by atoms with van der Waals surface area (Å²) in [5.74, 6) is 1.27. The van der Waals surface area contributed by atoms with Gasteiger partial charge in [0.05, 0.1) is 5.69 Å².